The summed E-state index contributed by atoms with van der Waals surface area (Å²) < 4.78 is 5.20. The third kappa shape index (κ3) is 5.32. The lowest BCUT2D eigenvalue weighted by Gasteiger charge is -2.37. The van der Waals surface area contributed by atoms with Gasteiger partial charge in [-0.1, -0.05) is 32.4 Å². The van der Waals surface area contributed by atoms with Gasteiger partial charge >= 0.3 is 6.03 Å². The fraction of sp³-hybridized carbons (Fsp3) is 0.609. The van der Waals surface area contributed by atoms with Crippen molar-refractivity contribution in [2.24, 2.45) is 23.7 Å². The van der Waals surface area contributed by atoms with Crippen LogP contribution in [-0.2, 0) is 6.42 Å². The zero-order valence-electron chi connectivity index (χ0n) is 18.8. The first-order valence-electron chi connectivity index (χ1n) is 11.0. The molecule has 0 fully saturated rings. The van der Waals surface area contributed by atoms with E-state index in [1.807, 2.05) is 12.1 Å². The second-order valence-electron chi connectivity index (χ2n) is 8.66. The smallest absolute Gasteiger partial charge is 0.314 e. The van der Waals surface area contributed by atoms with E-state index in [2.05, 4.69) is 59.4 Å². The SMILES string of the molecule is CCCNC(=O)NC[C@@H]1C=C(C)[C@H](Cc2nc3nc(OC)ccc3[nH]2)C[C@H]1C(C)C. The van der Waals surface area contributed by atoms with E-state index in [1.165, 1.54) is 5.57 Å². The number of pyridine rings is 1. The van der Waals surface area contributed by atoms with Gasteiger partial charge in [0.1, 0.15) is 5.82 Å². The third-order valence-electron chi connectivity index (χ3n) is 6.14. The second-order valence-corrected chi connectivity index (χ2v) is 8.66. The summed E-state index contributed by atoms with van der Waals surface area (Å²) in [6, 6.07) is 3.74. The lowest BCUT2D eigenvalue weighted by atomic mass is 9.70. The van der Waals surface area contributed by atoms with Crippen molar-refractivity contribution in [1.82, 2.24) is 25.6 Å². The molecule has 164 valence electrons. The molecule has 3 atom stereocenters. The van der Waals surface area contributed by atoms with Gasteiger partial charge in [0.2, 0.25) is 5.88 Å². The zero-order chi connectivity index (χ0) is 21.7. The maximum atomic E-state index is 12.0. The number of methoxy groups -OCH3 is 1. The first kappa shape index (κ1) is 22.1. The Morgan fingerprint density at radius 1 is 1.30 bits per heavy atom. The van der Waals surface area contributed by atoms with Gasteiger partial charge in [-0.25, -0.2) is 9.78 Å². The average Bonchev–Trinajstić information content (AvgIpc) is 3.13. The summed E-state index contributed by atoms with van der Waals surface area (Å²) in [4.78, 5) is 24.5. The van der Waals surface area contributed by atoms with Crippen LogP contribution in [0.5, 0.6) is 5.88 Å². The summed E-state index contributed by atoms with van der Waals surface area (Å²) >= 11 is 0. The van der Waals surface area contributed by atoms with Gasteiger partial charge in [-0.05, 0) is 49.5 Å². The van der Waals surface area contributed by atoms with E-state index in [0.717, 1.165) is 30.6 Å². The largest absolute Gasteiger partial charge is 0.481 e. The lowest BCUT2D eigenvalue weighted by Crippen LogP contribution is -2.41. The molecule has 1 aliphatic rings. The van der Waals surface area contributed by atoms with Crippen LogP contribution in [0.3, 0.4) is 0 Å². The predicted octanol–water partition coefficient (Wildman–Crippen LogP) is 4.07. The van der Waals surface area contributed by atoms with Gasteiger partial charge in [0, 0.05) is 25.6 Å². The van der Waals surface area contributed by atoms with Crippen LogP contribution in [0.2, 0.25) is 0 Å². The molecular weight excluding hydrogens is 378 g/mol. The summed E-state index contributed by atoms with van der Waals surface area (Å²) in [7, 11) is 1.61. The van der Waals surface area contributed by atoms with Gasteiger partial charge in [0.05, 0.1) is 12.6 Å². The topological polar surface area (TPSA) is 91.9 Å². The van der Waals surface area contributed by atoms with E-state index in [9.17, 15) is 4.79 Å². The molecule has 3 rings (SSSR count). The number of ether oxygens (including phenoxy) is 1. The molecule has 0 radical (unpaired) electrons. The molecule has 1 aliphatic carbocycles. The number of urea groups is 1. The number of amides is 2. The van der Waals surface area contributed by atoms with E-state index in [1.54, 1.807) is 7.11 Å². The Balaban J connectivity index is 1.70. The number of carbonyl (C=O) groups is 1. The zero-order valence-corrected chi connectivity index (χ0v) is 18.8. The lowest BCUT2D eigenvalue weighted by molar-refractivity contribution is 0.213. The van der Waals surface area contributed by atoms with E-state index in [0.29, 0.717) is 48.3 Å². The number of aromatic amines is 1. The van der Waals surface area contributed by atoms with Gasteiger partial charge < -0.3 is 20.4 Å². The molecule has 0 saturated carbocycles. The Morgan fingerprint density at radius 2 is 2.10 bits per heavy atom. The summed E-state index contributed by atoms with van der Waals surface area (Å²) in [5.74, 6) is 3.39. The number of aromatic nitrogens is 3. The molecule has 3 N–H and O–H groups in total. The second kappa shape index (κ2) is 9.96. The van der Waals surface area contributed by atoms with Crippen LogP contribution in [0.1, 0.15) is 46.4 Å². The van der Waals surface area contributed by atoms with Gasteiger partial charge in [-0.2, -0.15) is 4.98 Å². The molecule has 2 amide bonds. The molecule has 0 aliphatic heterocycles. The highest BCUT2D eigenvalue weighted by Gasteiger charge is 2.32. The molecule has 0 spiro atoms. The molecule has 2 aromatic rings. The number of hydrogen-bond acceptors (Lipinski definition) is 4. The Kier molecular flexibility index (Phi) is 7.34. The first-order valence-corrected chi connectivity index (χ1v) is 11.0. The molecule has 2 aromatic heterocycles. The molecule has 30 heavy (non-hydrogen) atoms. The number of nitrogens with zero attached hydrogens (tertiary/aromatic N) is 2. The summed E-state index contributed by atoms with van der Waals surface area (Å²) in [6.45, 7) is 10.2. The number of H-pyrrole nitrogens is 1. The van der Waals surface area contributed by atoms with Crippen molar-refractivity contribution in [2.45, 2.75) is 47.0 Å². The van der Waals surface area contributed by atoms with Crippen LogP contribution in [0.4, 0.5) is 4.79 Å². The highest BCUT2D eigenvalue weighted by Crippen LogP contribution is 2.38. The Bertz CT molecular complexity index is 889. The van der Waals surface area contributed by atoms with E-state index < -0.39 is 0 Å². The van der Waals surface area contributed by atoms with Crippen LogP contribution in [0, 0.1) is 23.7 Å². The standard InChI is InChI=1S/C23H35N5O2/c1-6-9-24-23(29)25-13-17-10-15(4)16(11-18(17)14(2)3)12-20-26-19-7-8-21(30-5)28-22(19)27-20/h7-8,10,14,16-18H,6,9,11-13H2,1-5H3,(H2,24,25,29)(H,26,27,28)/t16-,17-,18-/m0/s1. The molecule has 0 saturated heterocycles. The summed E-state index contributed by atoms with van der Waals surface area (Å²) in [6.07, 6.45) is 5.26. The maximum Gasteiger partial charge on any atom is 0.314 e. The maximum absolute atomic E-state index is 12.0. The Morgan fingerprint density at radius 3 is 2.80 bits per heavy atom. The molecule has 7 nitrogen and oxygen atoms in total. The third-order valence-corrected chi connectivity index (χ3v) is 6.14. The number of nitrogens with one attached hydrogen (secondary N) is 3. The average molecular weight is 414 g/mol. The number of rotatable bonds is 8. The summed E-state index contributed by atoms with van der Waals surface area (Å²) in [5.41, 5.74) is 3.00. The van der Waals surface area contributed by atoms with Crippen molar-refractivity contribution < 1.29 is 9.53 Å². The van der Waals surface area contributed by atoms with Crippen molar-refractivity contribution in [1.29, 1.82) is 0 Å². The first-order chi connectivity index (χ1) is 14.4. The van der Waals surface area contributed by atoms with Gasteiger partial charge in [-0.3, -0.25) is 0 Å². The molecule has 0 unspecified atom stereocenters. The Hall–Kier alpha value is -2.57. The number of hydrogen-bond donors (Lipinski definition) is 3. The van der Waals surface area contributed by atoms with Crippen molar-refractivity contribution in [3.8, 4) is 5.88 Å². The minimum atomic E-state index is -0.0715. The number of imidazole rings is 1. The van der Waals surface area contributed by atoms with Gasteiger partial charge in [-0.15, -0.1) is 0 Å². The van der Waals surface area contributed by atoms with E-state index in [4.69, 9.17) is 4.74 Å². The van der Waals surface area contributed by atoms with Gasteiger partial charge in [0.25, 0.3) is 0 Å². The Labute approximate surface area is 179 Å². The number of carbonyl (C=O) groups excluding carboxylic acids is 1. The van der Waals surface area contributed by atoms with Crippen molar-refractivity contribution in [2.75, 3.05) is 20.2 Å². The van der Waals surface area contributed by atoms with Crippen LogP contribution in [-0.4, -0.2) is 41.2 Å². The highest BCUT2D eigenvalue weighted by atomic mass is 16.5. The highest BCUT2D eigenvalue weighted by molar-refractivity contribution is 5.73. The van der Waals surface area contributed by atoms with Crippen LogP contribution >= 0.6 is 0 Å². The molecular formula is C23H35N5O2. The fourth-order valence-electron chi connectivity index (χ4n) is 4.39. The van der Waals surface area contributed by atoms with Crippen molar-refractivity contribution in [3.63, 3.8) is 0 Å². The quantitative estimate of drug-likeness (QED) is 0.569. The van der Waals surface area contributed by atoms with Crippen LogP contribution in [0.15, 0.2) is 23.8 Å². The minimum absolute atomic E-state index is 0.0715. The van der Waals surface area contributed by atoms with E-state index in [-0.39, 0.29) is 6.03 Å². The van der Waals surface area contributed by atoms with Crippen LogP contribution < -0.4 is 15.4 Å². The van der Waals surface area contributed by atoms with Crippen molar-refractivity contribution in [3.05, 3.63) is 29.6 Å². The molecule has 0 bridgehead atoms. The monoisotopic (exact) mass is 413 g/mol. The molecule has 0 aromatic carbocycles. The number of fused-ring (bicyclic) bond motifs is 1. The fourth-order valence-corrected chi connectivity index (χ4v) is 4.39. The molecule has 2 heterocycles. The summed E-state index contributed by atoms with van der Waals surface area (Å²) in [5, 5.41) is 5.94. The minimum Gasteiger partial charge on any atom is -0.481 e. The van der Waals surface area contributed by atoms with E-state index >= 15 is 0 Å². The van der Waals surface area contributed by atoms with Crippen LogP contribution in [0.25, 0.3) is 11.2 Å². The number of allylic oxidation sites excluding steroid dienone is 1. The normalized spacial score (nSPS) is 21.5. The predicted molar refractivity (Wildman–Crippen MR) is 120 cm³/mol. The molecule has 7 heteroatoms. The van der Waals surface area contributed by atoms with Crippen molar-refractivity contribution >= 4 is 17.2 Å². The van der Waals surface area contributed by atoms with Gasteiger partial charge in [0.15, 0.2) is 5.65 Å².